The number of carbonyl (C=O) groups excluding carboxylic acids is 1. The molecule has 0 bridgehead atoms. The summed E-state index contributed by atoms with van der Waals surface area (Å²) < 4.78 is 2.58. The molecule has 0 aliphatic heterocycles. The molecule has 0 unspecified atom stereocenters. The van der Waals surface area contributed by atoms with Gasteiger partial charge in [0.15, 0.2) is 0 Å². The van der Waals surface area contributed by atoms with Crippen LogP contribution in [-0.2, 0) is 6.54 Å². The average molecular weight is 372 g/mol. The van der Waals surface area contributed by atoms with E-state index < -0.39 is 5.97 Å². The van der Waals surface area contributed by atoms with Crippen LogP contribution in [0.25, 0.3) is 0 Å². The van der Waals surface area contributed by atoms with Crippen molar-refractivity contribution in [2.75, 3.05) is 5.32 Å². The predicted molar refractivity (Wildman–Crippen MR) is 84.2 cm³/mol. The van der Waals surface area contributed by atoms with E-state index in [1.165, 1.54) is 18.2 Å². The third kappa shape index (κ3) is 3.65. The zero-order valence-electron chi connectivity index (χ0n) is 11.1. The molecule has 0 saturated heterocycles. The van der Waals surface area contributed by atoms with Gasteiger partial charge in [0.05, 0.1) is 5.56 Å². The van der Waals surface area contributed by atoms with E-state index in [2.05, 4.69) is 21.2 Å². The fraction of sp³-hybridized carbons (Fsp3) is 0.143. The molecule has 0 fully saturated rings. The minimum Gasteiger partial charge on any atom is -0.478 e. The number of halogens is 2. The van der Waals surface area contributed by atoms with Crippen LogP contribution >= 0.6 is 27.5 Å². The van der Waals surface area contributed by atoms with E-state index in [0.29, 0.717) is 17.9 Å². The minimum absolute atomic E-state index is 0.0184. The van der Waals surface area contributed by atoms with E-state index >= 15 is 0 Å². The molecule has 7 heteroatoms. The second-order valence-corrected chi connectivity index (χ2v) is 5.67. The van der Waals surface area contributed by atoms with Gasteiger partial charge >= 0.3 is 5.97 Å². The third-order valence-corrected chi connectivity index (χ3v) is 3.49. The Bertz CT molecular complexity index is 712. The summed E-state index contributed by atoms with van der Waals surface area (Å²) in [5, 5.41) is 11.9. The first-order chi connectivity index (χ1) is 9.90. The highest BCUT2D eigenvalue weighted by Crippen LogP contribution is 2.21. The maximum atomic E-state index is 12.3. The van der Waals surface area contributed by atoms with E-state index in [1.807, 2.05) is 6.92 Å². The smallest absolute Gasteiger partial charge is 0.335 e. The molecule has 0 saturated carbocycles. The van der Waals surface area contributed by atoms with Crippen LogP contribution in [0.2, 0.25) is 5.02 Å². The highest BCUT2D eigenvalue weighted by Gasteiger charge is 2.14. The van der Waals surface area contributed by atoms with Gasteiger partial charge in [-0.3, -0.25) is 4.79 Å². The molecule has 21 heavy (non-hydrogen) atoms. The number of anilines is 1. The minimum atomic E-state index is -1.10. The van der Waals surface area contributed by atoms with E-state index in [4.69, 9.17) is 16.7 Å². The number of carboxylic acid groups (broad SMARTS) is 1. The molecule has 5 nitrogen and oxygen atoms in total. The van der Waals surface area contributed by atoms with Gasteiger partial charge in [0.25, 0.3) is 5.91 Å². The summed E-state index contributed by atoms with van der Waals surface area (Å²) in [5.41, 5.74) is 0.830. The summed E-state index contributed by atoms with van der Waals surface area (Å²) >= 11 is 9.18. The van der Waals surface area contributed by atoms with Crippen molar-refractivity contribution >= 4 is 45.1 Å². The van der Waals surface area contributed by atoms with Crippen molar-refractivity contribution in [1.82, 2.24) is 4.57 Å². The number of hydrogen-bond acceptors (Lipinski definition) is 2. The van der Waals surface area contributed by atoms with Gasteiger partial charge in [0, 0.05) is 27.9 Å². The van der Waals surface area contributed by atoms with Crippen LogP contribution in [-0.4, -0.2) is 21.6 Å². The van der Waals surface area contributed by atoms with Gasteiger partial charge in [-0.15, -0.1) is 0 Å². The number of amides is 1. The topological polar surface area (TPSA) is 71.3 Å². The number of nitrogens with one attached hydrogen (secondary N) is 1. The molecule has 1 heterocycles. The number of hydrogen-bond donors (Lipinski definition) is 2. The van der Waals surface area contributed by atoms with Crippen LogP contribution in [0.5, 0.6) is 0 Å². The summed E-state index contributed by atoms with van der Waals surface area (Å²) in [6, 6.07) is 5.88. The normalized spacial score (nSPS) is 10.4. The third-order valence-electron chi connectivity index (χ3n) is 2.84. The Labute approximate surface area is 134 Å². The molecule has 0 radical (unpaired) electrons. The SMILES string of the molecule is CCn1cc(Br)cc1C(=O)Nc1cc(Cl)cc(C(=O)O)c1. The lowest BCUT2D eigenvalue weighted by atomic mass is 10.2. The number of aromatic carboxylic acids is 1. The summed E-state index contributed by atoms with van der Waals surface area (Å²) in [6.07, 6.45) is 1.80. The van der Waals surface area contributed by atoms with Crippen molar-refractivity contribution in [1.29, 1.82) is 0 Å². The number of nitrogens with zero attached hydrogens (tertiary/aromatic N) is 1. The molecule has 0 aliphatic carbocycles. The van der Waals surface area contributed by atoms with Gasteiger partial charge in [-0.05, 0) is 47.1 Å². The number of carboxylic acids is 1. The second kappa shape index (κ2) is 6.32. The van der Waals surface area contributed by atoms with Gasteiger partial charge in [-0.25, -0.2) is 4.79 Å². The number of rotatable bonds is 4. The van der Waals surface area contributed by atoms with E-state index in [0.717, 1.165) is 4.47 Å². The summed E-state index contributed by atoms with van der Waals surface area (Å²) in [7, 11) is 0. The molecule has 2 aromatic rings. The summed E-state index contributed by atoms with van der Waals surface area (Å²) in [5.74, 6) is -1.44. The first-order valence-electron chi connectivity index (χ1n) is 6.11. The number of carbonyl (C=O) groups is 2. The molecule has 110 valence electrons. The summed E-state index contributed by atoms with van der Waals surface area (Å²) in [4.78, 5) is 23.2. The van der Waals surface area contributed by atoms with Crippen LogP contribution < -0.4 is 5.32 Å². The average Bonchev–Trinajstić information content (AvgIpc) is 2.79. The lowest BCUT2D eigenvalue weighted by Crippen LogP contribution is -2.16. The first kappa shape index (κ1) is 15.6. The Morgan fingerprint density at radius 2 is 2.05 bits per heavy atom. The van der Waals surface area contributed by atoms with Crippen molar-refractivity contribution in [3.8, 4) is 0 Å². The van der Waals surface area contributed by atoms with Crippen LogP contribution in [0.1, 0.15) is 27.8 Å². The molecule has 1 aromatic heterocycles. The monoisotopic (exact) mass is 370 g/mol. The number of aromatic nitrogens is 1. The lowest BCUT2D eigenvalue weighted by Gasteiger charge is -2.09. The molecule has 0 aliphatic rings. The molecular weight excluding hydrogens is 360 g/mol. The number of benzene rings is 1. The Balaban J connectivity index is 2.29. The Morgan fingerprint density at radius 1 is 1.33 bits per heavy atom. The molecule has 2 rings (SSSR count). The molecule has 2 N–H and O–H groups in total. The quantitative estimate of drug-likeness (QED) is 0.857. The Hall–Kier alpha value is -1.79. The number of aryl methyl sites for hydroxylation is 1. The van der Waals surface area contributed by atoms with Gasteiger partial charge in [0.2, 0.25) is 0 Å². The fourth-order valence-corrected chi connectivity index (χ4v) is 2.61. The lowest BCUT2D eigenvalue weighted by molar-refractivity contribution is 0.0696. The van der Waals surface area contributed by atoms with Crippen LogP contribution in [0.4, 0.5) is 5.69 Å². The second-order valence-electron chi connectivity index (χ2n) is 4.32. The van der Waals surface area contributed by atoms with Crippen LogP contribution in [0.3, 0.4) is 0 Å². The summed E-state index contributed by atoms with van der Waals surface area (Å²) in [6.45, 7) is 2.56. The fourth-order valence-electron chi connectivity index (χ4n) is 1.91. The first-order valence-corrected chi connectivity index (χ1v) is 7.28. The van der Waals surface area contributed by atoms with Crippen molar-refractivity contribution < 1.29 is 14.7 Å². The molecule has 1 amide bonds. The predicted octanol–water partition coefficient (Wildman–Crippen LogP) is 3.87. The highest BCUT2D eigenvalue weighted by atomic mass is 79.9. The highest BCUT2D eigenvalue weighted by molar-refractivity contribution is 9.10. The Morgan fingerprint density at radius 3 is 2.67 bits per heavy atom. The van der Waals surface area contributed by atoms with Crippen molar-refractivity contribution in [3.05, 3.63) is 51.2 Å². The van der Waals surface area contributed by atoms with E-state index in [-0.39, 0.29) is 16.5 Å². The molecular formula is C14H12BrClN2O3. The molecule has 1 aromatic carbocycles. The zero-order chi connectivity index (χ0) is 15.6. The van der Waals surface area contributed by atoms with Crippen molar-refractivity contribution in [2.24, 2.45) is 0 Å². The van der Waals surface area contributed by atoms with Gasteiger partial charge in [-0.2, -0.15) is 0 Å². The maximum absolute atomic E-state index is 12.3. The van der Waals surface area contributed by atoms with Crippen molar-refractivity contribution in [3.63, 3.8) is 0 Å². The van der Waals surface area contributed by atoms with Gasteiger partial charge in [-0.1, -0.05) is 11.6 Å². The standard InChI is InChI=1S/C14H12BrClN2O3/c1-2-18-7-9(15)5-12(18)13(19)17-11-4-8(14(20)21)3-10(16)6-11/h3-7H,2H2,1H3,(H,17,19)(H,20,21). The van der Waals surface area contributed by atoms with Crippen molar-refractivity contribution in [2.45, 2.75) is 13.5 Å². The maximum Gasteiger partial charge on any atom is 0.335 e. The van der Waals surface area contributed by atoms with Gasteiger partial charge in [0.1, 0.15) is 5.69 Å². The Kier molecular flexibility index (Phi) is 4.69. The zero-order valence-corrected chi connectivity index (χ0v) is 13.4. The van der Waals surface area contributed by atoms with Gasteiger partial charge < -0.3 is 15.0 Å². The van der Waals surface area contributed by atoms with E-state index in [1.54, 1.807) is 16.8 Å². The van der Waals surface area contributed by atoms with Crippen LogP contribution in [0.15, 0.2) is 34.9 Å². The molecule has 0 spiro atoms. The van der Waals surface area contributed by atoms with E-state index in [9.17, 15) is 9.59 Å². The largest absolute Gasteiger partial charge is 0.478 e. The van der Waals surface area contributed by atoms with Crippen LogP contribution in [0, 0.1) is 0 Å². The molecule has 0 atom stereocenters.